The first-order valence-corrected chi connectivity index (χ1v) is 10.2. The number of thiazole rings is 1. The molecule has 2 aliphatic heterocycles. The Morgan fingerprint density at radius 3 is 2.63 bits per heavy atom. The molecule has 1 atom stereocenters. The lowest BCUT2D eigenvalue weighted by Crippen LogP contribution is -2.53. The van der Waals surface area contributed by atoms with Crippen LogP contribution >= 0.6 is 11.3 Å². The molecule has 1 aromatic carbocycles. The number of nitrogens with zero attached hydrogens (tertiary/aromatic N) is 4. The first kappa shape index (κ1) is 18.2. The van der Waals surface area contributed by atoms with Crippen LogP contribution in [0.15, 0.2) is 18.2 Å². The second-order valence-electron chi connectivity index (χ2n) is 7.23. The Morgan fingerprint density at radius 1 is 1.15 bits per heavy atom. The largest absolute Gasteiger partial charge is 0.347 e. The third kappa shape index (κ3) is 3.76. The molecule has 1 aromatic heterocycles. The van der Waals surface area contributed by atoms with E-state index in [1.807, 2.05) is 4.90 Å². The van der Waals surface area contributed by atoms with Gasteiger partial charge in [-0.25, -0.2) is 9.37 Å². The van der Waals surface area contributed by atoms with E-state index in [4.69, 9.17) is 0 Å². The fourth-order valence-corrected chi connectivity index (χ4v) is 4.90. The number of hydrogen-bond acceptors (Lipinski definition) is 5. The molecule has 0 N–H and O–H groups in total. The van der Waals surface area contributed by atoms with Gasteiger partial charge in [0, 0.05) is 46.2 Å². The van der Waals surface area contributed by atoms with Crippen molar-refractivity contribution in [3.05, 3.63) is 24.0 Å². The molecule has 0 saturated carbocycles. The lowest BCUT2D eigenvalue weighted by Gasteiger charge is -2.38. The highest BCUT2D eigenvalue weighted by Gasteiger charge is 2.32. The van der Waals surface area contributed by atoms with E-state index in [2.05, 4.69) is 9.88 Å². The van der Waals surface area contributed by atoms with Crippen LogP contribution in [0.25, 0.3) is 10.2 Å². The normalized spacial score (nSPS) is 21.0. The average Bonchev–Trinajstić information content (AvgIpc) is 3.11. The maximum absolute atomic E-state index is 13.4. The van der Waals surface area contributed by atoms with Crippen molar-refractivity contribution in [2.24, 2.45) is 5.92 Å². The van der Waals surface area contributed by atoms with Crippen LogP contribution in [0.4, 0.5) is 9.52 Å². The SMILES string of the molecule is CC(=O)N1CCN(C(=O)C2CCCN(c3nc4ccc(F)cc4s3)C2)CC1. The number of anilines is 1. The second-order valence-corrected chi connectivity index (χ2v) is 8.23. The van der Waals surface area contributed by atoms with Gasteiger partial charge in [-0.15, -0.1) is 0 Å². The second kappa shape index (κ2) is 7.42. The molecule has 2 fully saturated rings. The number of halogens is 1. The van der Waals surface area contributed by atoms with Crippen molar-refractivity contribution in [2.75, 3.05) is 44.2 Å². The van der Waals surface area contributed by atoms with Gasteiger partial charge in [-0.05, 0) is 31.0 Å². The standard InChI is InChI=1S/C19H23FN4O2S/c1-13(25)22-7-9-23(10-8-22)18(26)14-3-2-6-24(12-14)19-21-16-5-4-15(20)11-17(16)27-19/h4-5,11,14H,2-3,6-10,12H2,1H3. The molecule has 3 heterocycles. The van der Waals surface area contributed by atoms with Crippen molar-refractivity contribution in [3.63, 3.8) is 0 Å². The van der Waals surface area contributed by atoms with Crippen LogP contribution < -0.4 is 4.90 Å². The highest BCUT2D eigenvalue weighted by atomic mass is 32.1. The van der Waals surface area contributed by atoms with Crippen molar-refractivity contribution in [3.8, 4) is 0 Å². The molecule has 0 spiro atoms. The number of amides is 2. The molecular formula is C19H23FN4O2S. The minimum atomic E-state index is -0.255. The van der Waals surface area contributed by atoms with E-state index >= 15 is 0 Å². The van der Waals surface area contributed by atoms with Gasteiger partial charge in [-0.1, -0.05) is 11.3 Å². The molecule has 2 aromatic rings. The van der Waals surface area contributed by atoms with Crippen molar-refractivity contribution in [2.45, 2.75) is 19.8 Å². The van der Waals surface area contributed by atoms with E-state index in [0.717, 1.165) is 34.7 Å². The minimum absolute atomic E-state index is 0.0497. The molecule has 27 heavy (non-hydrogen) atoms. The molecule has 2 saturated heterocycles. The highest BCUT2D eigenvalue weighted by Crippen LogP contribution is 2.32. The molecule has 1 unspecified atom stereocenters. The van der Waals surface area contributed by atoms with E-state index in [0.29, 0.717) is 32.7 Å². The number of carbonyl (C=O) groups is 2. The van der Waals surface area contributed by atoms with Gasteiger partial charge in [0.25, 0.3) is 0 Å². The topological polar surface area (TPSA) is 56.8 Å². The summed E-state index contributed by atoms with van der Waals surface area (Å²) in [6, 6.07) is 4.64. The fourth-order valence-electron chi connectivity index (χ4n) is 3.87. The summed E-state index contributed by atoms with van der Waals surface area (Å²) in [5.41, 5.74) is 0.796. The third-order valence-corrected chi connectivity index (χ3v) is 6.50. The summed E-state index contributed by atoms with van der Waals surface area (Å²) in [4.78, 5) is 34.9. The molecule has 0 aliphatic carbocycles. The van der Waals surface area contributed by atoms with E-state index in [1.165, 1.54) is 23.5 Å². The number of carbonyl (C=O) groups excluding carboxylic acids is 2. The van der Waals surface area contributed by atoms with Gasteiger partial charge in [0.2, 0.25) is 11.8 Å². The zero-order valence-corrected chi connectivity index (χ0v) is 16.2. The highest BCUT2D eigenvalue weighted by molar-refractivity contribution is 7.22. The lowest BCUT2D eigenvalue weighted by atomic mass is 9.96. The number of piperidine rings is 1. The summed E-state index contributed by atoms with van der Waals surface area (Å²) in [7, 11) is 0. The van der Waals surface area contributed by atoms with Crippen molar-refractivity contribution < 1.29 is 14.0 Å². The number of benzene rings is 1. The predicted octanol–water partition coefficient (Wildman–Crippen LogP) is 2.34. The van der Waals surface area contributed by atoms with Gasteiger partial charge >= 0.3 is 0 Å². The van der Waals surface area contributed by atoms with Gasteiger partial charge in [-0.3, -0.25) is 9.59 Å². The maximum atomic E-state index is 13.4. The molecule has 6 nitrogen and oxygen atoms in total. The zero-order valence-electron chi connectivity index (χ0n) is 15.4. The molecule has 0 radical (unpaired) electrons. The van der Waals surface area contributed by atoms with Gasteiger partial charge in [0.15, 0.2) is 5.13 Å². The van der Waals surface area contributed by atoms with Gasteiger partial charge in [0.1, 0.15) is 5.82 Å². The Balaban J connectivity index is 1.43. The lowest BCUT2D eigenvalue weighted by molar-refractivity contribution is -0.141. The number of hydrogen-bond donors (Lipinski definition) is 0. The Kier molecular flexibility index (Phi) is 4.99. The van der Waals surface area contributed by atoms with E-state index in [1.54, 1.807) is 17.9 Å². The summed E-state index contributed by atoms with van der Waals surface area (Å²) in [6.07, 6.45) is 1.82. The van der Waals surface area contributed by atoms with Crippen molar-refractivity contribution in [1.29, 1.82) is 0 Å². The smallest absolute Gasteiger partial charge is 0.227 e. The molecule has 8 heteroatoms. The zero-order chi connectivity index (χ0) is 19.0. The summed E-state index contributed by atoms with van der Waals surface area (Å²) in [5, 5.41) is 0.856. The number of rotatable bonds is 2. The molecular weight excluding hydrogens is 367 g/mol. The Bertz CT molecular complexity index is 863. The van der Waals surface area contributed by atoms with E-state index in [-0.39, 0.29) is 23.5 Å². The van der Waals surface area contributed by atoms with Gasteiger partial charge < -0.3 is 14.7 Å². The molecule has 4 rings (SSSR count). The van der Waals surface area contributed by atoms with Crippen LogP contribution in [0, 0.1) is 11.7 Å². The first-order valence-electron chi connectivity index (χ1n) is 9.36. The summed E-state index contributed by atoms with van der Waals surface area (Å²) >= 11 is 1.48. The minimum Gasteiger partial charge on any atom is -0.347 e. The quantitative estimate of drug-likeness (QED) is 0.790. The number of aromatic nitrogens is 1. The van der Waals surface area contributed by atoms with Crippen molar-refractivity contribution >= 4 is 38.5 Å². The summed E-state index contributed by atoms with van der Waals surface area (Å²) < 4.78 is 14.3. The van der Waals surface area contributed by atoms with Crippen LogP contribution in [-0.2, 0) is 9.59 Å². The summed E-state index contributed by atoms with van der Waals surface area (Å²) in [6.45, 7) is 5.52. The number of piperazine rings is 1. The number of fused-ring (bicyclic) bond motifs is 1. The Morgan fingerprint density at radius 2 is 1.89 bits per heavy atom. The summed E-state index contributed by atoms with van der Waals surface area (Å²) in [5.74, 6) is -0.0613. The Labute approximate surface area is 161 Å². The van der Waals surface area contributed by atoms with Gasteiger partial charge in [0.05, 0.1) is 16.1 Å². The monoisotopic (exact) mass is 390 g/mol. The van der Waals surface area contributed by atoms with Crippen LogP contribution in [-0.4, -0.2) is 65.9 Å². The average molecular weight is 390 g/mol. The maximum Gasteiger partial charge on any atom is 0.227 e. The first-order chi connectivity index (χ1) is 13.0. The van der Waals surface area contributed by atoms with E-state index < -0.39 is 0 Å². The predicted molar refractivity (Wildman–Crippen MR) is 103 cm³/mol. The van der Waals surface area contributed by atoms with Crippen LogP contribution in [0.3, 0.4) is 0 Å². The molecule has 144 valence electrons. The van der Waals surface area contributed by atoms with Gasteiger partial charge in [-0.2, -0.15) is 0 Å². The van der Waals surface area contributed by atoms with Crippen molar-refractivity contribution in [1.82, 2.24) is 14.8 Å². The fraction of sp³-hybridized carbons (Fsp3) is 0.526. The molecule has 2 amide bonds. The van der Waals surface area contributed by atoms with Crippen LogP contribution in [0.2, 0.25) is 0 Å². The van der Waals surface area contributed by atoms with E-state index in [9.17, 15) is 14.0 Å². The Hall–Kier alpha value is -2.22. The van der Waals surface area contributed by atoms with Crippen LogP contribution in [0.5, 0.6) is 0 Å². The molecule has 2 aliphatic rings. The van der Waals surface area contributed by atoms with Crippen LogP contribution in [0.1, 0.15) is 19.8 Å². The third-order valence-electron chi connectivity index (χ3n) is 5.42. The molecule has 0 bridgehead atoms.